The molecule has 1 saturated heterocycles. The number of halogens is 1. The molecule has 0 aliphatic carbocycles. The molecule has 2 aromatic rings. The third-order valence-electron chi connectivity index (χ3n) is 3.97. The molecule has 21 heavy (non-hydrogen) atoms. The molecule has 1 aliphatic rings. The Balaban J connectivity index is 1.72. The van der Waals surface area contributed by atoms with E-state index in [1.54, 1.807) is 4.68 Å². The molecular formula is C16H20ClN3O. The number of nitrogens with zero attached hydrogens (tertiary/aromatic N) is 3. The highest BCUT2D eigenvalue weighted by molar-refractivity contribution is 6.30. The molecule has 1 aromatic heterocycles. The molecule has 112 valence electrons. The van der Waals surface area contributed by atoms with Crippen molar-refractivity contribution in [3.05, 3.63) is 52.3 Å². The highest BCUT2D eigenvalue weighted by atomic mass is 35.5. The van der Waals surface area contributed by atoms with Crippen LogP contribution >= 0.6 is 11.6 Å². The largest absolute Gasteiger partial charge is 0.371 e. The molecule has 0 unspecified atom stereocenters. The number of ether oxygens (including phenoxy) is 1. The zero-order valence-corrected chi connectivity index (χ0v) is 13.2. The first kappa shape index (κ1) is 14.6. The van der Waals surface area contributed by atoms with Gasteiger partial charge in [0, 0.05) is 32.2 Å². The lowest BCUT2D eigenvalue weighted by Crippen LogP contribution is -2.37. The lowest BCUT2D eigenvalue weighted by Gasteiger charge is -2.33. The van der Waals surface area contributed by atoms with Crippen LogP contribution in [0.25, 0.3) is 0 Å². The van der Waals surface area contributed by atoms with Gasteiger partial charge in [0.2, 0.25) is 0 Å². The van der Waals surface area contributed by atoms with Crippen molar-refractivity contribution in [1.82, 2.24) is 14.7 Å². The van der Waals surface area contributed by atoms with Crippen molar-refractivity contribution in [1.29, 1.82) is 0 Å². The minimum Gasteiger partial charge on any atom is -0.371 e. The van der Waals surface area contributed by atoms with Gasteiger partial charge in [-0.15, -0.1) is 0 Å². The molecule has 4 nitrogen and oxygen atoms in total. The van der Waals surface area contributed by atoms with E-state index in [9.17, 15) is 0 Å². The van der Waals surface area contributed by atoms with Crippen LogP contribution in [-0.2, 0) is 18.3 Å². The van der Waals surface area contributed by atoms with Gasteiger partial charge < -0.3 is 4.74 Å². The molecule has 5 heteroatoms. The number of hydrogen-bond donors (Lipinski definition) is 0. The highest BCUT2D eigenvalue weighted by Crippen LogP contribution is 2.26. The molecule has 0 radical (unpaired) electrons. The first-order valence-electron chi connectivity index (χ1n) is 7.22. The zero-order chi connectivity index (χ0) is 14.8. The third kappa shape index (κ3) is 3.12. The third-order valence-corrected chi connectivity index (χ3v) is 4.45. The van der Waals surface area contributed by atoms with E-state index in [0.717, 1.165) is 42.7 Å². The van der Waals surface area contributed by atoms with Crippen LogP contribution in [0.5, 0.6) is 0 Å². The molecule has 0 N–H and O–H groups in total. The molecule has 1 atom stereocenters. The van der Waals surface area contributed by atoms with Crippen LogP contribution in [0.15, 0.2) is 30.3 Å². The van der Waals surface area contributed by atoms with Crippen LogP contribution < -0.4 is 0 Å². The first-order chi connectivity index (χ1) is 10.1. The molecule has 1 aliphatic heterocycles. The Bertz CT molecular complexity index is 611. The van der Waals surface area contributed by atoms with Gasteiger partial charge in [-0.3, -0.25) is 9.58 Å². The maximum atomic E-state index is 6.33. The van der Waals surface area contributed by atoms with Gasteiger partial charge >= 0.3 is 0 Å². The van der Waals surface area contributed by atoms with Gasteiger partial charge in [0.25, 0.3) is 0 Å². The number of hydrogen-bond acceptors (Lipinski definition) is 3. The number of morpholine rings is 1. The normalized spacial score (nSPS) is 19.9. The Morgan fingerprint density at radius 3 is 2.76 bits per heavy atom. The maximum Gasteiger partial charge on any atom is 0.131 e. The number of aromatic nitrogens is 2. The van der Waals surface area contributed by atoms with Crippen molar-refractivity contribution >= 4 is 11.6 Å². The van der Waals surface area contributed by atoms with Gasteiger partial charge in [0.05, 0.1) is 18.4 Å². The van der Waals surface area contributed by atoms with E-state index in [4.69, 9.17) is 16.3 Å². The Kier molecular flexibility index (Phi) is 4.29. The molecule has 0 saturated carbocycles. The monoisotopic (exact) mass is 305 g/mol. The molecule has 1 fully saturated rings. The standard InChI is InChI=1S/C16H20ClN3O/c1-12-14(16(17)19(2)18-12)10-20-8-9-21-15(11-20)13-6-4-3-5-7-13/h3-7,15H,8-11H2,1-2H3/t15-/m1/s1. The van der Waals surface area contributed by atoms with Crippen LogP contribution in [0.4, 0.5) is 0 Å². The Hall–Kier alpha value is -1.36. The van der Waals surface area contributed by atoms with E-state index in [-0.39, 0.29) is 6.10 Å². The van der Waals surface area contributed by atoms with Crippen molar-refractivity contribution in [2.75, 3.05) is 19.7 Å². The van der Waals surface area contributed by atoms with Gasteiger partial charge in [-0.1, -0.05) is 41.9 Å². The first-order valence-corrected chi connectivity index (χ1v) is 7.60. The number of benzene rings is 1. The number of rotatable bonds is 3. The van der Waals surface area contributed by atoms with Crippen molar-refractivity contribution < 1.29 is 4.74 Å². The summed E-state index contributed by atoms with van der Waals surface area (Å²) in [7, 11) is 1.88. The molecule has 1 aromatic carbocycles. The second-order valence-electron chi connectivity index (χ2n) is 5.48. The van der Waals surface area contributed by atoms with Crippen molar-refractivity contribution in [3.63, 3.8) is 0 Å². The zero-order valence-electron chi connectivity index (χ0n) is 12.4. The fraction of sp³-hybridized carbons (Fsp3) is 0.438. The summed E-state index contributed by atoms with van der Waals surface area (Å²) >= 11 is 6.33. The average molecular weight is 306 g/mol. The highest BCUT2D eigenvalue weighted by Gasteiger charge is 2.23. The summed E-state index contributed by atoms with van der Waals surface area (Å²) in [5, 5.41) is 5.11. The summed E-state index contributed by atoms with van der Waals surface area (Å²) in [6.45, 7) is 5.39. The smallest absolute Gasteiger partial charge is 0.131 e. The van der Waals surface area contributed by atoms with Crippen LogP contribution in [0.1, 0.15) is 22.9 Å². The maximum absolute atomic E-state index is 6.33. The van der Waals surface area contributed by atoms with Crippen LogP contribution in [-0.4, -0.2) is 34.4 Å². The topological polar surface area (TPSA) is 30.3 Å². The van der Waals surface area contributed by atoms with E-state index < -0.39 is 0 Å². The molecule has 0 amide bonds. The average Bonchev–Trinajstić information content (AvgIpc) is 2.75. The second-order valence-corrected chi connectivity index (χ2v) is 5.84. The van der Waals surface area contributed by atoms with Crippen molar-refractivity contribution in [2.24, 2.45) is 7.05 Å². The van der Waals surface area contributed by atoms with Crippen LogP contribution in [0.3, 0.4) is 0 Å². The fourth-order valence-electron chi connectivity index (χ4n) is 2.79. The summed E-state index contributed by atoms with van der Waals surface area (Å²) in [4.78, 5) is 2.39. The minimum absolute atomic E-state index is 0.135. The summed E-state index contributed by atoms with van der Waals surface area (Å²) in [5.74, 6) is 0. The number of aryl methyl sites for hydroxylation is 2. The lowest BCUT2D eigenvalue weighted by atomic mass is 10.1. The Morgan fingerprint density at radius 2 is 2.10 bits per heavy atom. The van der Waals surface area contributed by atoms with Crippen molar-refractivity contribution in [3.8, 4) is 0 Å². The van der Waals surface area contributed by atoms with Gasteiger partial charge in [-0.05, 0) is 12.5 Å². The van der Waals surface area contributed by atoms with Gasteiger partial charge in [0.1, 0.15) is 5.15 Å². The quantitative estimate of drug-likeness (QED) is 0.873. The predicted molar refractivity (Wildman–Crippen MR) is 83.4 cm³/mol. The SMILES string of the molecule is Cc1nn(C)c(Cl)c1CN1CCO[C@@H](c2ccccc2)C1. The molecule has 3 rings (SSSR count). The van der Waals surface area contributed by atoms with E-state index in [1.165, 1.54) is 5.56 Å². The Labute approximate surface area is 130 Å². The molecule has 2 heterocycles. The van der Waals surface area contributed by atoms with Gasteiger partial charge in [0.15, 0.2) is 0 Å². The Morgan fingerprint density at radius 1 is 1.33 bits per heavy atom. The van der Waals surface area contributed by atoms with E-state index in [1.807, 2.05) is 20.0 Å². The van der Waals surface area contributed by atoms with Gasteiger partial charge in [-0.2, -0.15) is 5.10 Å². The summed E-state index contributed by atoms with van der Waals surface area (Å²) in [6.07, 6.45) is 0.135. The molecule has 0 spiro atoms. The summed E-state index contributed by atoms with van der Waals surface area (Å²) in [6, 6.07) is 10.4. The van der Waals surface area contributed by atoms with Crippen LogP contribution in [0.2, 0.25) is 5.15 Å². The van der Waals surface area contributed by atoms with E-state index in [2.05, 4.69) is 34.3 Å². The van der Waals surface area contributed by atoms with Crippen molar-refractivity contribution in [2.45, 2.75) is 19.6 Å². The van der Waals surface area contributed by atoms with E-state index in [0.29, 0.717) is 0 Å². The second kappa shape index (κ2) is 6.18. The lowest BCUT2D eigenvalue weighted by molar-refractivity contribution is -0.0329. The summed E-state index contributed by atoms with van der Waals surface area (Å²) in [5.41, 5.74) is 3.36. The predicted octanol–water partition coefficient (Wildman–Crippen LogP) is 2.96. The van der Waals surface area contributed by atoms with Gasteiger partial charge in [-0.25, -0.2) is 0 Å². The van der Waals surface area contributed by atoms with E-state index >= 15 is 0 Å². The fourth-order valence-corrected chi connectivity index (χ4v) is 3.03. The summed E-state index contributed by atoms with van der Waals surface area (Å²) < 4.78 is 7.64. The minimum atomic E-state index is 0.135. The van der Waals surface area contributed by atoms with Crippen LogP contribution in [0, 0.1) is 6.92 Å². The molecular weight excluding hydrogens is 286 g/mol. The molecule has 0 bridgehead atoms.